The van der Waals surface area contributed by atoms with Crippen molar-refractivity contribution >= 4 is 17.4 Å². The van der Waals surface area contributed by atoms with Gasteiger partial charge in [0.05, 0.1) is 36.9 Å². The molecule has 3 heterocycles. The standard InChI is InChI=1S/C33H34FN3O4/c1-5-22-16-27(32(38)36-14-13-20-9-7-8-10-23(20)19(36)3)31(40-4)30-18-29(35-37(22)30)24-12-11-21(15-28(24)34)25-17-26(25)33(39)41-6-2/h7-12,15-16,18-19,25-26H,5-6,13-14,17H2,1-4H3/t19-,25+,26-/m1/s1. The molecule has 0 radical (unpaired) electrons. The number of aryl methyl sites for hydroxylation is 1. The van der Waals surface area contributed by atoms with E-state index in [-0.39, 0.29) is 29.8 Å². The molecule has 1 aliphatic carbocycles. The molecule has 2 aromatic carbocycles. The van der Waals surface area contributed by atoms with Crippen LogP contribution in [0, 0.1) is 11.7 Å². The van der Waals surface area contributed by atoms with Gasteiger partial charge in [-0.3, -0.25) is 9.59 Å². The number of hydrogen-bond acceptors (Lipinski definition) is 5. The predicted molar refractivity (Wildman–Crippen MR) is 154 cm³/mol. The smallest absolute Gasteiger partial charge is 0.309 e. The summed E-state index contributed by atoms with van der Waals surface area (Å²) in [5.41, 5.74) is 5.93. The lowest BCUT2D eigenvalue weighted by atomic mass is 9.93. The third-order valence-electron chi connectivity index (χ3n) is 8.50. The second-order valence-corrected chi connectivity index (χ2v) is 10.8. The van der Waals surface area contributed by atoms with Crippen molar-refractivity contribution in [2.24, 2.45) is 5.92 Å². The lowest BCUT2D eigenvalue weighted by Crippen LogP contribution is -2.39. The fraction of sp³-hybridized carbons (Fsp3) is 0.364. The van der Waals surface area contributed by atoms with Crippen LogP contribution in [0.3, 0.4) is 0 Å². The molecule has 2 aromatic heterocycles. The maximum atomic E-state index is 15.5. The summed E-state index contributed by atoms with van der Waals surface area (Å²) in [5.74, 6) is -0.546. The summed E-state index contributed by atoms with van der Waals surface area (Å²) in [4.78, 5) is 27.9. The minimum atomic E-state index is -0.408. The third kappa shape index (κ3) is 4.65. The van der Waals surface area contributed by atoms with Crippen LogP contribution in [0.5, 0.6) is 5.75 Å². The Bertz CT molecular complexity index is 1660. The zero-order valence-electron chi connectivity index (χ0n) is 23.8. The predicted octanol–water partition coefficient (Wildman–Crippen LogP) is 6.14. The highest BCUT2D eigenvalue weighted by Gasteiger charge is 2.45. The number of ether oxygens (including phenoxy) is 2. The number of rotatable bonds is 7. The number of amides is 1. The van der Waals surface area contributed by atoms with Gasteiger partial charge < -0.3 is 14.4 Å². The monoisotopic (exact) mass is 555 g/mol. The van der Waals surface area contributed by atoms with Gasteiger partial charge in [-0.05, 0) is 80.0 Å². The van der Waals surface area contributed by atoms with Crippen molar-refractivity contribution in [2.45, 2.75) is 52.0 Å². The van der Waals surface area contributed by atoms with Gasteiger partial charge in [0.1, 0.15) is 11.3 Å². The number of hydrogen-bond donors (Lipinski definition) is 0. The van der Waals surface area contributed by atoms with Gasteiger partial charge in [0.15, 0.2) is 5.75 Å². The lowest BCUT2D eigenvalue weighted by molar-refractivity contribution is -0.144. The first-order chi connectivity index (χ1) is 19.9. The van der Waals surface area contributed by atoms with Gasteiger partial charge in [-0.2, -0.15) is 5.10 Å². The van der Waals surface area contributed by atoms with Crippen LogP contribution in [0.2, 0.25) is 0 Å². The third-order valence-corrected chi connectivity index (χ3v) is 8.50. The number of fused-ring (bicyclic) bond motifs is 2. The maximum Gasteiger partial charge on any atom is 0.309 e. The van der Waals surface area contributed by atoms with E-state index in [2.05, 4.69) is 19.1 Å². The Hall–Kier alpha value is -4.20. The van der Waals surface area contributed by atoms with Crippen molar-refractivity contribution < 1.29 is 23.5 Å². The van der Waals surface area contributed by atoms with Gasteiger partial charge in [-0.25, -0.2) is 8.91 Å². The number of benzene rings is 2. The summed E-state index contributed by atoms with van der Waals surface area (Å²) in [6.07, 6.45) is 2.09. The number of pyridine rings is 1. The number of esters is 1. The van der Waals surface area contributed by atoms with Crippen LogP contribution in [0.25, 0.3) is 16.8 Å². The van der Waals surface area contributed by atoms with Gasteiger partial charge in [-0.1, -0.05) is 37.3 Å². The minimum Gasteiger partial charge on any atom is -0.494 e. The van der Waals surface area contributed by atoms with E-state index in [9.17, 15) is 9.59 Å². The molecule has 0 saturated heterocycles. The minimum absolute atomic E-state index is 0.0248. The topological polar surface area (TPSA) is 73.1 Å². The molecule has 4 aromatic rings. The van der Waals surface area contributed by atoms with Gasteiger partial charge in [0, 0.05) is 17.8 Å². The first kappa shape index (κ1) is 27.0. The fourth-order valence-corrected chi connectivity index (χ4v) is 6.20. The number of carbonyl (C=O) groups is 2. The molecule has 1 aliphatic heterocycles. The molecule has 0 spiro atoms. The Kier molecular flexibility index (Phi) is 7.01. The van der Waals surface area contributed by atoms with Crippen molar-refractivity contribution in [3.63, 3.8) is 0 Å². The number of aromatic nitrogens is 2. The molecule has 0 unspecified atom stereocenters. The van der Waals surface area contributed by atoms with Crippen molar-refractivity contribution in [3.05, 3.63) is 88.4 Å². The fourth-order valence-electron chi connectivity index (χ4n) is 6.20. The van der Waals surface area contributed by atoms with E-state index in [1.165, 1.54) is 11.6 Å². The molecule has 0 N–H and O–H groups in total. The summed E-state index contributed by atoms with van der Waals surface area (Å²) in [7, 11) is 1.55. The molecule has 2 aliphatic rings. The Morgan fingerprint density at radius 1 is 1.10 bits per heavy atom. The number of halogens is 1. The second kappa shape index (κ2) is 10.7. The van der Waals surface area contributed by atoms with Crippen molar-refractivity contribution in [2.75, 3.05) is 20.3 Å². The molecule has 1 amide bonds. The van der Waals surface area contributed by atoms with Gasteiger partial charge in [0.25, 0.3) is 5.91 Å². The molecule has 6 rings (SSSR count). The quantitative estimate of drug-likeness (QED) is 0.256. The summed E-state index contributed by atoms with van der Waals surface area (Å²) < 4.78 is 28.1. The van der Waals surface area contributed by atoms with E-state index in [0.717, 1.165) is 23.2 Å². The number of carbonyl (C=O) groups excluding carboxylic acids is 2. The Morgan fingerprint density at radius 2 is 1.90 bits per heavy atom. The van der Waals surface area contributed by atoms with E-state index >= 15 is 4.39 Å². The molecular weight excluding hydrogens is 521 g/mol. The zero-order chi connectivity index (χ0) is 28.8. The number of methoxy groups -OCH3 is 1. The Morgan fingerprint density at radius 3 is 2.63 bits per heavy atom. The lowest BCUT2D eigenvalue weighted by Gasteiger charge is -2.35. The molecule has 8 heteroatoms. The molecular formula is C33H34FN3O4. The van der Waals surface area contributed by atoms with Crippen LogP contribution in [0.4, 0.5) is 4.39 Å². The molecule has 1 saturated carbocycles. The van der Waals surface area contributed by atoms with E-state index in [1.54, 1.807) is 30.7 Å². The second-order valence-electron chi connectivity index (χ2n) is 10.8. The van der Waals surface area contributed by atoms with Crippen LogP contribution < -0.4 is 4.74 Å². The first-order valence-electron chi connectivity index (χ1n) is 14.3. The van der Waals surface area contributed by atoms with Crippen LogP contribution in [-0.4, -0.2) is 46.7 Å². The first-order valence-corrected chi connectivity index (χ1v) is 14.3. The highest BCUT2D eigenvalue weighted by molar-refractivity contribution is 6.00. The molecule has 3 atom stereocenters. The van der Waals surface area contributed by atoms with Crippen LogP contribution >= 0.6 is 0 Å². The maximum absolute atomic E-state index is 15.5. The Balaban J connectivity index is 1.35. The molecule has 7 nitrogen and oxygen atoms in total. The van der Waals surface area contributed by atoms with E-state index in [0.29, 0.717) is 54.1 Å². The number of nitrogens with zero attached hydrogens (tertiary/aromatic N) is 3. The van der Waals surface area contributed by atoms with Gasteiger partial charge in [0.2, 0.25) is 0 Å². The summed E-state index contributed by atoms with van der Waals surface area (Å²) >= 11 is 0. The molecule has 1 fully saturated rings. The highest BCUT2D eigenvalue weighted by Crippen LogP contribution is 2.48. The van der Waals surface area contributed by atoms with E-state index in [4.69, 9.17) is 14.6 Å². The zero-order valence-corrected chi connectivity index (χ0v) is 23.8. The molecule has 212 valence electrons. The largest absolute Gasteiger partial charge is 0.494 e. The van der Waals surface area contributed by atoms with Crippen LogP contribution in [0.15, 0.2) is 54.6 Å². The van der Waals surface area contributed by atoms with Crippen LogP contribution in [0.1, 0.15) is 71.9 Å². The highest BCUT2D eigenvalue weighted by atomic mass is 19.1. The van der Waals surface area contributed by atoms with Crippen molar-refractivity contribution in [3.8, 4) is 17.0 Å². The average molecular weight is 556 g/mol. The van der Waals surface area contributed by atoms with Crippen molar-refractivity contribution in [1.82, 2.24) is 14.5 Å². The van der Waals surface area contributed by atoms with E-state index in [1.807, 2.05) is 36.1 Å². The van der Waals surface area contributed by atoms with Gasteiger partial charge in [-0.15, -0.1) is 0 Å². The summed E-state index contributed by atoms with van der Waals surface area (Å²) in [6.45, 7) is 6.80. The SMILES string of the molecule is CCOC(=O)[C@@H]1C[C@H]1c1ccc(-c2cc3c(OC)c(C(=O)N4CCc5ccccc5[C@H]4C)cc(CC)n3n2)c(F)c1. The normalized spacial score (nSPS) is 19.6. The van der Waals surface area contributed by atoms with Gasteiger partial charge >= 0.3 is 5.97 Å². The molecule has 41 heavy (non-hydrogen) atoms. The summed E-state index contributed by atoms with van der Waals surface area (Å²) in [5, 5.41) is 4.74. The van der Waals surface area contributed by atoms with Crippen LogP contribution in [-0.2, 0) is 22.4 Å². The van der Waals surface area contributed by atoms with Crippen molar-refractivity contribution in [1.29, 1.82) is 0 Å². The summed E-state index contributed by atoms with van der Waals surface area (Å²) in [6, 6.07) is 16.9. The average Bonchev–Trinajstić information content (AvgIpc) is 3.67. The Labute approximate surface area is 238 Å². The van der Waals surface area contributed by atoms with E-state index < -0.39 is 5.82 Å². The molecule has 0 bridgehead atoms.